The summed E-state index contributed by atoms with van der Waals surface area (Å²) in [6.07, 6.45) is 1.37. The molecule has 1 aliphatic rings. The van der Waals surface area contributed by atoms with E-state index in [1.54, 1.807) is 0 Å². The Morgan fingerprint density at radius 2 is 2.19 bits per heavy atom. The number of hydrogen-bond acceptors (Lipinski definition) is 1. The highest BCUT2D eigenvalue weighted by molar-refractivity contribution is 9.10. The predicted molar refractivity (Wildman–Crippen MR) is 74.2 cm³/mol. The summed E-state index contributed by atoms with van der Waals surface area (Å²) in [5.41, 5.74) is 2.46. The number of benzene rings is 1. The average Bonchev–Trinajstić information content (AvgIpc) is 2.93. The fraction of sp³-hybridized carbons (Fsp3) is 0.538. The molecule has 0 saturated heterocycles. The molecule has 16 heavy (non-hydrogen) atoms. The highest BCUT2D eigenvalue weighted by atomic mass is 79.9. The number of rotatable bonds is 4. The molecule has 2 atom stereocenters. The van der Waals surface area contributed by atoms with Crippen molar-refractivity contribution >= 4 is 33.2 Å². The third-order valence-electron chi connectivity index (χ3n) is 3.38. The largest absolute Gasteiger partial charge is 0.374 e. The lowest BCUT2D eigenvalue weighted by Crippen LogP contribution is -2.21. The van der Waals surface area contributed by atoms with Gasteiger partial charge in [-0.2, -0.15) is 0 Å². The maximum absolute atomic E-state index is 5.98. The maximum Gasteiger partial charge on any atom is 0.0494 e. The fourth-order valence-electron chi connectivity index (χ4n) is 2.14. The summed E-state index contributed by atoms with van der Waals surface area (Å²) in [5, 5.41) is 0. The van der Waals surface area contributed by atoms with Crippen molar-refractivity contribution in [3.63, 3.8) is 0 Å². The first-order chi connectivity index (χ1) is 7.61. The van der Waals surface area contributed by atoms with Crippen LogP contribution >= 0.6 is 27.5 Å². The lowest BCUT2D eigenvalue weighted by Gasteiger charge is -2.22. The number of anilines is 1. The highest BCUT2D eigenvalue weighted by Crippen LogP contribution is 2.39. The molecule has 0 aromatic heterocycles. The Bertz CT molecular complexity index is 380. The Balaban J connectivity index is 2.12. The van der Waals surface area contributed by atoms with Gasteiger partial charge in [-0.1, -0.05) is 22.9 Å². The molecule has 1 aromatic carbocycles. The molecule has 1 aliphatic carbocycles. The Morgan fingerprint density at radius 1 is 1.50 bits per heavy atom. The van der Waals surface area contributed by atoms with Crippen molar-refractivity contribution in [2.75, 3.05) is 18.5 Å². The minimum atomic E-state index is 0.569. The maximum atomic E-state index is 5.98. The normalized spacial score (nSPS) is 23.2. The number of halogens is 2. The van der Waals surface area contributed by atoms with Crippen LogP contribution in [0, 0.1) is 11.8 Å². The van der Waals surface area contributed by atoms with E-state index in [1.165, 1.54) is 17.7 Å². The van der Waals surface area contributed by atoms with E-state index in [4.69, 9.17) is 11.6 Å². The van der Waals surface area contributed by atoms with Crippen LogP contribution in [0.25, 0.3) is 0 Å². The summed E-state index contributed by atoms with van der Waals surface area (Å²) in [6.45, 7) is 3.47. The van der Waals surface area contributed by atoms with Gasteiger partial charge in [0.1, 0.15) is 0 Å². The second-order valence-corrected chi connectivity index (χ2v) is 5.94. The minimum absolute atomic E-state index is 0.569. The molecule has 88 valence electrons. The van der Waals surface area contributed by atoms with Gasteiger partial charge >= 0.3 is 0 Å². The molecular weight excluding hydrogens is 286 g/mol. The van der Waals surface area contributed by atoms with Gasteiger partial charge < -0.3 is 4.90 Å². The summed E-state index contributed by atoms with van der Waals surface area (Å²) >= 11 is 9.46. The van der Waals surface area contributed by atoms with E-state index in [-0.39, 0.29) is 0 Å². The Hall–Kier alpha value is -0.210. The van der Waals surface area contributed by atoms with Crippen LogP contribution in [-0.4, -0.2) is 13.6 Å². The Morgan fingerprint density at radius 3 is 2.75 bits per heavy atom. The van der Waals surface area contributed by atoms with Crippen molar-refractivity contribution in [2.45, 2.75) is 19.2 Å². The molecule has 2 rings (SSSR count). The third-order valence-corrected chi connectivity index (χ3v) is 4.16. The molecule has 0 aliphatic heterocycles. The van der Waals surface area contributed by atoms with Crippen LogP contribution in [0.15, 0.2) is 22.7 Å². The molecule has 0 spiro atoms. The third kappa shape index (κ3) is 2.72. The van der Waals surface area contributed by atoms with Gasteiger partial charge in [-0.05, 0) is 42.0 Å². The van der Waals surface area contributed by atoms with Crippen molar-refractivity contribution < 1.29 is 0 Å². The molecule has 2 unspecified atom stereocenters. The van der Waals surface area contributed by atoms with Gasteiger partial charge in [-0.15, -0.1) is 11.6 Å². The van der Waals surface area contributed by atoms with Gasteiger partial charge in [-0.25, -0.2) is 0 Å². The molecule has 3 heteroatoms. The topological polar surface area (TPSA) is 3.24 Å². The zero-order valence-electron chi connectivity index (χ0n) is 9.71. The van der Waals surface area contributed by atoms with Gasteiger partial charge in [0, 0.05) is 29.6 Å². The molecule has 1 aromatic rings. The van der Waals surface area contributed by atoms with Gasteiger partial charge in [-0.3, -0.25) is 0 Å². The van der Waals surface area contributed by atoms with Crippen molar-refractivity contribution in [1.82, 2.24) is 0 Å². The first-order valence-corrected chi connectivity index (χ1v) is 7.00. The van der Waals surface area contributed by atoms with Crippen molar-refractivity contribution in [1.29, 1.82) is 0 Å². The summed E-state index contributed by atoms with van der Waals surface area (Å²) in [4.78, 5) is 2.33. The van der Waals surface area contributed by atoms with E-state index in [9.17, 15) is 0 Å². The van der Waals surface area contributed by atoms with Gasteiger partial charge in [0.25, 0.3) is 0 Å². The fourth-order valence-corrected chi connectivity index (χ4v) is 2.76. The van der Waals surface area contributed by atoms with Crippen LogP contribution in [0.4, 0.5) is 5.69 Å². The van der Waals surface area contributed by atoms with Crippen LogP contribution in [0.2, 0.25) is 0 Å². The van der Waals surface area contributed by atoms with E-state index in [2.05, 4.69) is 53.0 Å². The quantitative estimate of drug-likeness (QED) is 0.750. The molecule has 1 fully saturated rings. The standard InChI is InChI=1S/C13H17BrClN/c1-9-5-11(9)8-16(2)13-4-3-12(14)6-10(13)7-15/h3-4,6,9,11H,5,7-8H2,1-2H3. The lowest BCUT2D eigenvalue weighted by atomic mass is 10.1. The summed E-state index contributed by atoms with van der Waals surface area (Å²) < 4.78 is 1.10. The van der Waals surface area contributed by atoms with E-state index in [0.29, 0.717) is 5.88 Å². The summed E-state index contributed by atoms with van der Waals surface area (Å²) in [6, 6.07) is 6.34. The monoisotopic (exact) mass is 301 g/mol. The number of nitrogens with zero attached hydrogens (tertiary/aromatic N) is 1. The average molecular weight is 303 g/mol. The van der Waals surface area contributed by atoms with E-state index in [0.717, 1.165) is 22.9 Å². The SMILES string of the molecule is CC1CC1CN(C)c1ccc(Br)cc1CCl. The highest BCUT2D eigenvalue weighted by Gasteiger charge is 2.33. The van der Waals surface area contributed by atoms with Gasteiger partial charge in [0.2, 0.25) is 0 Å². The van der Waals surface area contributed by atoms with E-state index in [1.807, 2.05) is 0 Å². The van der Waals surface area contributed by atoms with E-state index < -0.39 is 0 Å². The van der Waals surface area contributed by atoms with Crippen LogP contribution < -0.4 is 4.90 Å². The Labute approximate surface area is 111 Å². The smallest absolute Gasteiger partial charge is 0.0494 e. The van der Waals surface area contributed by atoms with Gasteiger partial charge in [0.15, 0.2) is 0 Å². The first-order valence-electron chi connectivity index (χ1n) is 5.67. The number of alkyl halides is 1. The minimum Gasteiger partial charge on any atom is -0.374 e. The van der Waals surface area contributed by atoms with Crippen LogP contribution in [0.5, 0.6) is 0 Å². The summed E-state index contributed by atoms with van der Waals surface area (Å²) in [5.74, 6) is 2.34. The zero-order chi connectivity index (χ0) is 11.7. The van der Waals surface area contributed by atoms with Crippen molar-refractivity contribution in [3.05, 3.63) is 28.2 Å². The molecule has 0 radical (unpaired) electrons. The van der Waals surface area contributed by atoms with Crippen molar-refractivity contribution in [3.8, 4) is 0 Å². The molecule has 0 amide bonds. The van der Waals surface area contributed by atoms with Crippen LogP contribution in [0.1, 0.15) is 18.9 Å². The molecule has 0 N–H and O–H groups in total. The van der Waals surface area contributed by atoms with Crippen molar-refractivity contribution in [2.24, 2.45) is 11.8 Å². The van der Waals surface area contributed by atoms with Gasteiger partial charge in [0.05, 0.1) is 0 Å². The summed E-state index contributed by atoms with van der Waals surface area (Å²) in [7, 11) is 2.16. The first kappa shape index (κ1) is 12.3. The molecule has 0 bridgehead atoms. The molecule has 1 saturated carbocycles. The predicted octanol–water partition coefficient (Wildman–Crippen LogP) is 4.28. The zero-order valence-corrected chi connectivity index (χ0v) is 12.1. The Kier molecular flexibility index (Phi) is 3.81. The number of hydrogen-bond donors (Lipinski definition) is 0. The molecule has 0 heterocycles. The molecular formula is C13H17BrClN. The second-order valence-electron chi connectivity index (χ2n) is 4.76. The van der Waals surface area contributed by atoms with E-state index >= 15 is 0 Å². The second kappa shape index (κ2) is 4.97. The van der Waals surface area contributed by atoms with Crippen LogP contribution in [-0.2, 0) is 5.88 Å². The molecule has 1 nitrogen and oxygen atoms in total. The lowest BCUT2D eigenvalue weighted by molar-refractivity contribution is 0.724. The van der Waals surface area contributed by atoms with Crippen LogP contribution in [0.3, 0.4) is 0 Å².